The summed E-state index contributed by atoms with van der Waals surface area (Å²) in [5.41, 5.74) is 6.71. The van der Waals surface area contributed by atoms with Gasteiger partial charge in [0, 0.05) is 19.1 Å². The van der Waals surface area contributed by atoms with Gasteiger partial charge in [0.05, 0.1) is 16.5 Å². The topological polar surface area (TPSA) is 46.3 Å². The van der Waals surface area contributed by atoms with E-state index >= 15 is 0 Å². The third-order valence-electron chi connectivity index (χ3n) is 4.02. The number of amides is 1. The first-order chi connectivity index (χ1) is 9.52. The Morgan fingerprint density at radius 3 is 2.80 bits per heavy atom. The van der Waals surface area contributed by atoms with Crippen LogP contribution in [0.1, 0.15) is 25.3 Å². The normalized spacial score (nSPS) is 22.9. The smallest absolute Gasteiger partial charge is 0.227 e. The molecule has 1 fully saturated rings. The minimum absolute atomic E-state index is 0.116. The maximum absolute atomic E-state index is 12.5. The van der Waals surface area contributed by atoms with Crippen LogP contribution in [0.5, 0.6) is 0 Å². The molecule has 2 N–H and O–H groups in total. The summed E-state index contributed by atoms with van der Waals surface area (Å²) in [6.45, 7) is 3.48. The Balaban J connectivity index is 2.08. The predicted molar refractivity (Wildman–Crippen MR) is 83.1 cm³/mol. The van der Waals surface area contributed by atoms with Crippen molar-refractivity contribution < 1.29 is 4.79 Å². The number of rotatable bonds is 3. The fourth-order valence-electron chi connectivity index (χ4n) is 2.84. The fraction of sp³-hybridized carbons (Fsp3) is 0.533. The van der Waals surface area contributed by atoms with E-state index in [2.05, 4.69) is 6.92 Å². The molecule has 0 radical (unpaired) electrons. The number of piperidine rings is 1. The summed E-state index contributed by atoms with van der Waals surface area (Å²) >= 11 is 11.9. The van der Waals surface area contributed by atoms with Gasteiger partial charge in [-0.05, 0) is 36.5 Å². The van der Waals surface area contributed by atoms with Gasteiger partial charge >= 0.3 is 0 Å². The van der Waals surface area contributed by atoms with Crippen molar-refractivity contribution in [3.63, 3.8) is 0 Å². The van der Waals surface area contributed by atoms with Gasteiger partial charge in [-0.1, -0.05) is 36.2 Å². The number of carbonyl (C=O) groups is 1. The molecule has 1 saturated heterocycles. The second kappa shape index (κ2) is 6.79. The van der Waals surface area contributed by atoms with Crippen molar-refractivity contribution >= 4 is 29.1 Å². The van der Waals surface area contributed by atoms with Crippen LogP contribution in [-0.2, 0) is 11.2 Å². The monoisotopic (exact) mass is 314 g/mol. The Hall–Kier alpha value is -0.770. The van der Waals surface area contributed by atoms with Gasteiger partial charge < -0.3 is 10.6 Å². The second-order valence-corrected chi connectivity index (χ2v) is 6.25. The molecule has 2 unspecified atom stereocenters. The molecule has 1 amide bonds. The van der Waals surface area contributed by atoms with E-state index in [0.717, 1.165) is 24.9 Å². The van der Waals surface area contributed by atoms with Crippen LogP contribution in [0.4, 0.5) is 0 Å². The summed E-state index contributed by atoms with van der Waals surface area (Å²) in [6.07, 6.45) is 2.53. The maximum Gasteiger partial charge on any atom is 0.227 e. The molecule has 0 aromatic heterocycles. The number of benzene rings is 1. The lowest BCUT2D eigenvalue weighted by atomic mass is 9.90. The molecule has 0 spiro atoms. The molecule has 1 aliphatic rings. The second-order valence-electron chi connectivity index (χ2n) is 5.43. The number of hydrogen-bond acceptors (Lipinski definition) is 2. The van der Waals surface area contributed by atoms with Crippen molar-refractivity contribution in [2.45, 2.75) is 32.2 Å². The highest BCUT2D eigenvalue weighted by atomic mass is 35.5. The van der Waals surface area contributed by atoms with E-state index in [-0.39, 0.29) is 11.9 Å². The zero-order chi connectivity index (χ0) is 14.7. The van der Waals surface area contributed by atoms with Crippen molar-refractivity contribution in [2.24, 2.45) is 11.7 Å². The number of nitrogens with two attached hydrogens (primary N) is 1. The van der Waals surface area contributed by atoms with Gasteiger partial charge in [0.1, 0.15) is 0 Å². The van der Waals surface area contributed by atoms with Gasteiger partial charge in [0.25, 0.3) is 0 Å². The van der Waals surface area contributed by atoms with E-state index in [1.807, 2.05) is 11.0 Å². The molecule has 2 rings (SSSR count). The Labute approximate surface area is 130 Å². The quantitative estimate of drug-likeness (QED) is 0.931. The van der Waals surface area contributed by atoms with Crippen molar-refractivity contribution in [3.05, 3.63) is 33.8 Å². The molecule has 1 heterocycles. The fourth-order valence-corrected chi connectivity index (χ4v) is 3.16. The summed E-state index contributed by atoms with van der Waals surface area (Å²) in [4.78, 5) is 14.4. The van der Waals surface area contributed by atoms with Gasteiger partial charge in [0.2, 0.25) is 5.91 Å². The first-order valence-electron chi connectivity index (χ1n) is 6.96. The molecule has 0 saturated carbocycles. The highest BCUT2D eigenvalue weighted by molar-refractivity contribution is 6.42. The van der Waals surface area contributed by atoms with Crippen molar-refractivity contribution in [1.29, 1.82) is 0 Å². The minimum Gasteiger partial charge on any atom is -0.338 e. The maximum atomic E-state index is 12.5. The van der Waals surface area contributed by atoms with Crippen LogP contribution in [-0.4, -0.2) is 29.9 Å². The van der Waals surface area contributed by atoms with Gasteiger partial charge in [-0.2, -0.15) is 0 Å². The minimum atomic E-state index is 0.116. The molecule has 2 atom stereocenters. The van der Waals surface area contributed by atoms with Gasteiger partial charge in [-0.15, -0.1) is 0 Å². The lowest BCUT2D eigenvalue weighted by Crippen LogP contribution is -2.51. The first kappa shape index (κ1) is 15.6. The molecule has 0 bridgehead atoms. The number of nitrogens with zero attached hydrogens (tertiary/aromatic N) is 1. The van der Waals surface area contributed by atoms with Gasteiger partial charge in [-0.3, -0.25) is 4.79 Å². The molecule has 1 aromatic carbocycles. The van der Waals surface area contributed by atoms with E-state index in [0.29, 0.717) is 28.9 Å². The molecular weight excluding hydrogens is 295 g/mol. The summed E-state index contributed by atoms with van der Waals surface area (Å²) in [5.74, 6) is 0.580. The van der Waals surface area contributed by atoms with Gasteiger partial charge in [-0.25, -0.2) is 0 Å². The van der Waals surface area contributed by atoms with E-state index in [1.165, 1.54) is 0 Å². The lowest BCUT2D eigenvalue weighted by molar-refractivity contribution is -0.135. The number of carbonyl (C=O) groups excluding carboxylic acids is 1. The van der Waals surface area contributed by atoms with Crippen LogP contribution in [0.15, 0.2) is 18.2 Å². The summed E-state index contributed by atoms with van der Waals surface area (Å²) in [5, 5.41) is 0.994. The molecule has 110 valence electrons. The number of hydrogen-bond donors (Lipinski definition) is 1. The van der Waals surface area contributed by atoms with Crippen molar-refractivity contribution in [2.75, 3.05) is 13.1 Å². The standard InChI is InChI=1S/C15H20Cl2N2O/c1-10-3-2-6-19(14(10)9-18)15(20)8-11-4-5-12(16)13(17)7-11/h4-5,7,10,14H,2-3,6,8-9,18H2,1H3. The average molecular weight is 315 g/mol. The van der Waals surface area contributed by atoms with Crippen molar-refractivity contribution in [3.8, 4) is 0 Å². The zero-order valence-corrected chi connectivity index (χ0v) is 13.1. The largest absolute Gasteiger partial charge is 0.338 e. The van der Waals surface area contributed by atoms with E-state index in [9.17, 15) is 4.79 Å². The molecule has 5 heteroatoms. The Morgan fingerprint density at radius 1 is 1.40 bits per heavy atom. The zero-order valence-electron chi connectivity index (χ0n) is 11.6. The molecule has 1 aliphatic heterocycles. The highest BCUT2D eigenvalue weighted by Crippen LogP contribution is 2.25. The van der Waals surface area contributed by atoms with E-state index < -0.39 is 0 Å². The van der Waals surface area contributed by atoms with Crippen LogP contribution in [0, 0.1) is 5.92 Å². The van der Waals surface area contributed by atoms with Crippen LogP contribution in [0.25, 0.3) is 0 Å². The summed E-state index contributed by atoms with van der Waals surface area (Å²) < 4.78 is 0. The first-order valence-corrected chi connectivity index (χ1v) is 7.72. The van der Waals surface area contributed by atoms with Crippen LogP contribution < -0.4 is 5.73 Å². The molecule has 0 aliphatic carbocycles. The molecule has 20 heavy (non-hydrogen) atoms. The third kappa shape index (κ3) is 3.46. The number of halogens is 2. The average Bonchev–Trinajstić information content (AvgIpc) is 2.42. The van der Waals surface area contributed by atoms with Crippen LogP contribution in [0.2, 0.25) is 10.0 Å². The van der Waals surface area contributed by atoms with Crippen molar-refractivity contribution in [1.82, 2.24) is 4.90 Å². The number of likely N-dealkylation sites (tertiary alicyclic amines) is 1. The Morgan fingerprint density at radius 2 is 2.15 bits per heavy atom. The Kier molecular flexibility index (Phi) is 5.30. The Bertz CT molecular complexity index is 493. The van der Waals surface area contributed by atoms with Crippen LogP contribution >= 0.6 is 23.2 Å². The lowest BCUT2D eigenvalue weighted by Gasteiger charge is -2.39. The van der Waals surface area contributed by atoms with Crippen LogP contribution in [0.3, 0.4) is 0 Å². The molecule has 1 aromatic rings. The van der Waals surface area contributed by atoms with E-state index in [4.69, 9.17) is 28.9 Å². The van der Waals surface area contributed by atoms with Gasteiger partial charge in [0.15, 0.2) is 0 Å². The molecule has 3 nitrogen and oxygen atoms in total. The summed E-state index contributed by atoms with van der Waals surface area (Å²) in [7, 11) is 0. The molecular formula is C15H20Cl2N2O. The predicted octanol–water partition coefficient (Wildman–Crippen LogP) is 3.12. The summed E-state index contributed by atoms with van der Waals surface area (Å²) in [6, 6.07) is 5.48. The third-order valence-corrected chi connectivity index (χ3v) is 4.76. The SMILES string of the molecule is CC1CCCN(C(=O)Cc2ccc(Cl)c(Cl)c2)C1CN. The van der Waals surface area contributed by atoms with E-state index in [1.54, 1.807) is 12.1 Å². The highest BCUT2D eigenvalue weighted by Gasteiger charge is 2.30.